The van der Waals surface area contributed by atoms with Gasteiger partial charge in [0.25, 0.3) is 0 Å². The van der Waals surface area contributed by atoms with Gasteiger partial charge in [0.05, 0.1) is 5.69 Å². The first kappa shape index (κ1) is 29.3. The summed E-state index contributed by atoms with van der Waals surface area (Å²) in [6.45, 7) is 2.12. The van der Waals surface area contributed by atoms with Crippen LogP contribution in [0.4, 0.5) is 0 Å². The molecular weight excluding hydrogens is 576 g/mol. The molecule has 6 aromatic rings. The van der Waals surface area contributed by atoms with Crippen molar-refractivity contribution in [2.75, 3.05) is 0 Å². The number of hydrogen-bond donors (Lipinski definition) is 4. The molecular formula is C33H33ClN8O2. The summed E-state index contributed by atoms with van der Waals surface area (Å²) in [5.41, 5.74) is 12.5. The Kier molecular flexibility index (Phi) is 8.81. The van der Waals surface area contributed by atoms with Crippen LogP contribution in [-0.2, 0) is 28.8 Å². The van der Waals surface area contributed by atoms with Crippen LogP contribution in [0.1, 0.15) is 48.5 Å². The molecule has 6 rings (SSSR count). The molecule has 0 aliphatic rings. The molecule has 11 heteroatoms. The first-order valence-corrected chi connectivity index (χ1v) is 15.1. The summed E-state index contributed by atoms with van der Waals surface area (Å²) in [4.78, 5) is 24.6. The summed E-state index contributed by atoms with van der Waals surface area (Å²) in [6, 6.07) is 23.0. The fraction of sp³-hybridized carbons (Fsp3) is 0.242. The minimum absolute atomic E-state index is 0.276. The molecule has 0 saturated heterocycles. The lowest BCUT2D eigenvalue weighted by atomic mass is 9.95. The molecule has 0 amide bonds. The van der Waals surface area contributed by atoms with Crippen molar-refractivity contribution in [3.8, 4) is 22.5 Å². The second-order valence-corrected chi connectivity index (χ2v) is 11.1. The lowest BCUT2D eigenvalue weighted by molar-refractivity contribution is -0.151. The quantitative estimate of drug-likeness (QED) is 0.122. The van der Waals surface area contributed by atoms with Crippen molar-refractivity contribution < 1.29 is 9.53 Å². The third-order valence-corrected chi connectivity index (χ3v) is 7.96. The molecule has 5 N–H and O–H groups in total. The van der Waals surface area contributed by atoms with Gasteiger partial charge in [-0.25, -0.2) is 4.98 Å². The number of tetrazole rings is 1. The van der Waals surface area contributed by atoms with E-state index in [2.05, 4.69) is 42.5 Å². The second kappa shape index (κ2) is 13.2. The number of H-pyrrole nitrogens is 3. The number of carbonyl (C=O) groups is 1. The number of nitrogens with zero attached hydrogens (tertiary/aromatic N) is 4. The van der Waals surface area contributed by atoms with Gasteiger partial charge < -0.3 is 20.4 Å². The number of rotatable bonds is 12. The highest BCUT2D eigenvalue weighted by Crippen LogP contribution is 2.34. The number of nitrogens with two attached hydrogens (primary N) is 1. The maximum atomic E-state index is 13.5. The Morgan fingerprint density at radius 1 is 1.02 bits per heavy atom. The summed E-state index contributed by atoms with van der Waals surface area (Å²) < 4.78 is 6.13. The fourth-order valence-corrected chi connectivity index (χ4v) is 5.67. The number of fused-ring (bicyclic) bond motifs is 1. The molecule has 2 atom stereocenters. The van der Waals surface area contributed by atoms with Gasteiger partial charge in [0.2, 0.25) is 5.82 Å². The predicted molar refractivity (Wildman–Crippen MR) is 170 cm³/mol. The molecule has 3 heterocycles. The molecule has 44 heavy (non-hydrogen) atoms. The zero-order valence-corrected chi connectivity index (χ0v) is 25.0. The van der Waals surface area contributed by atoms with E-state index in [4.69, 9.17) is 22.1 Å². The first-order chi connectivity index (χ1) is 21.5. The zero-order valence-electron chi connectivity index (χ0n) is 24.3. The number of unbranched alkanes of at least 4 members (excludes halogenated alkanes) is 1. The second-order valence-electron chi connectivity index (χ2n) is 10.8. The van der Waals surface area contributed by atoms with Crippen LogP contribution in [0.15, 0.2) is 79.0 Å². The standard InChI is InChI=1S/C33H33ClN8O2/c1-2-3-13-29-37-30(31(34)38-29)28(44-33(43)26(35)18-22-19-36-27-12-8-7-11-24(22)27)17-20-14-15-23(21-9-5-4-6-10-21)25(16-20)32-39-41-42-40-32/h4-12,14-16,19,26,28,36H,2-3,13,17-18,35H2,1H3,(H,37,38)(H,39,40,41,42)/t26-,28-/m0/s1. The van der Waals surface area contributed by atoms with E-state index >= 15 is 0 Å². The fourth-order valence-electron chi connectivity index (χ4n) is 5.40. The molecule has 3 aromatic carbocycles. The van der Waals surface area contributed by atoms with Crippen LogP contribution in [-0.4, -0.2) is 47.6 Å². The maximum absolute atomic E-state index is 13.5. The minimum Gasteiger partial charge on any atom is -0.454 e. The van der Waals surface area contributed by atoms with Crippen LogP contribution >= 0.6 is 11.6 Å². The van der Waals surface area contributed by atoms with Gasteiger partial charge in [0.1, 0.15) is 18.0 Å². The predicted octanol–water partition coefficient (Wildman–Crippen LogP) is 6.13. The lowest BCUT2D eigenvalue weighted by Crippen LogP contribution is -2.35. The molecule has 0 spiro atoms. The van der Waals surface area contributed by atoms with Crippen molar-refractivity contribution in [3.05, 3.63) is 107 Å². The van der Waals surface area contributed by atoms with E-state index < -0.39 is 18.1 Å². The van der Waals surface area contributed by atoms with E-state index in [1.54, 1.807) is 0 Å². The Labute approximate surface area is 259 Å². The lowest BCUT2D eigenvalue weighted by Gasteiger charge is -2.20. The highest BCUT2D eigenvalue weighted by Gasteiger charge is 2.27. The summed E-state index contributed by atoms with van der Waals surface area (Å²) >= 11 is 6.64. The Morgan fingerprint density at radius 2 is 1.84 bits per heavy atom. The van der Waals surface area contributed by atoms with Crippen molar-refractivity contribution in [2.45, 2.75) is 51.2 Å². The third kappa shape index (κ3) is 6.41. The molecule has 0 bridgehead atoms. The van der Waals surface area contributed by atoms with Crippen molar-refractivity contribution in [2.24, 2.45) is 5.73 Å². The topological polar surface area (TPSA) is 151 Å². The maximum Gasteiger partial charge on any atom is 0.323 e. The Morgan fingerprint density at radius 3 is 2.64 bits per heavy atom. The first-order valence-electron chi connectivity index (χ1n) is 14.7. The van der Waals surface area contributed by atoms with E-state index in [1.165, 1.54) is 0 Å². The Hall–Kier alpha value is -4.80. The van der Waals surface area contributed by atoms with Crippen molar-refractivity contribution in [1.82, 2.24) is 35.6 Å². The Bertz CT molecular complexity index is 1850. The third-order valence-electron chi connectivity index (χ3n) is 7.68. The normalized spacial score (nSPS) is 12.8. The molecule has 3 aromatic heterocycles. The van der Waals surface area contributed by atoms with Gasteiger partial charge in [-0.3, -0.25) is 4.79 Å². The summed E-state index contributed by atoms with van der Waals surface area (Å²) in [5.74, 6) is 0.685. The number of nitrogens with one attached hydrogen (secondary N) is 3. The van der Waals surface area contributed by atoms with Crippen LogP contribution in [0.25, 0.3) is 33.4 Å². The number of esters is 1. The van der Waals surface area contributed by atoms with Gasteiger partial charge in [-0.05, 0) is 46.0 Å². The average molecular weight is 609 g/mol. The van der Waals surface area contributed by atoms with Gasteiger partial charge in [0, 0.05) is 41.9 Å². The van der Waals surface area contributed by atoms with Crippen molar-refractivity contribution in [1.29, 1.82) is 0 Å². The molecule has 0 aliphatic carbocycles. The van der Waals surface area contributed by atoms with E-state index in [9.17, 15) is 4.79 Å². The number of ether oxygens (including phenoxy) is 1. The number of para-hydroxylation sites is 1. The molecule has 0 fully saturated rings. The highest BCUT2D eigenvalue weighted by atomic mass is 35.5. The number of aryl methyl sites for hydroxylation is 1. The van der Waals surface area contributed by atoms with E-state index in [0.29, 0.717) is 24.4 Å². The van der Waals surface area contributed by atoms with E-state index in [0.717, 1.165) is 63.8 Å². The van der Waals surface area contributed by atoms with Crippen molar-refractivity contribution >= 4 is 28.5 Å². The summed E-state index contributed by atoms with van der Waals surface area (Å²) in [7, 11) is 0. The van der Waals surface area contributed by atoms with Crippen LogP contribution < -0.4 is 5.73 Å². The molecule has 0 radical (unpaired) electrons. The number of imidazole rings is 1. The monoisotopic (exact) mass is 608 g/mol. The molecule has 0 aliphatic heterocycles. The highest BCUT2D eigenvalue weighted by molar-refractivity contribution is 6.30. The molecule has 0 saturated carbocycles. The van der Waals surface area contributed by atoms with E-state index in [1.807, 2.05) is 79.0 Å². The number of aromatic nitrogens is 7. The van der Waals surface area contributed by atoms with Gasteiger partial charge in [-0.2, -0.15) is 5.21 Å². The van der Waals surface area contributed by atoms with Gasteiger partial charge >= 0.3 is 5.97 Å². The number of benzene rings is 3. The summed E-state index contributed by atoms with van der Waals surface area (Å²) in [6.07, 6.45) is 4.48. The van der Waals surface area contributed by atoms with E-state index in [-0.39, 0.29) is 5.15 Å². The number of aromatic amines is 3. The van der Waals surface area contributed by atoms with Crippen LogP contribution in [0, 0.1) is 0 Å². The largest absolute Gasteiger partial charge is 0.454 e. The minimum atomic E-state index is -0.881. The SMILES string of the molecule is CCCCc1nc(Cl)c([C@H](Cc2ccc(-c3ccccc3)c(-c3nn[nH]n3)c2)OC(=O)[C@@H](N)Cc2c[nH]c3ccccc23)[nH]1. The van der Waals surface area contributed by atoms with Crippen LogP contribution in [0.5, 0.6) is 0 Å². The van der Waals surface area contributed by atoms with Gasteiger partial charge in [-0.1, -0.05) is 85.6 Å². The number of carbonyl (C=O) groups excluding carboxylic acids is 1. The van der Waals surface area contributed by atoms with Crippen LogP contribution in [0.3, 0.4) is 0 Å². The van der Waals surface area contributed by atoms with Gasteiger partial charge in [0.15, 0.2) is 5.15 Å². The Balaban J connectivity index is 1.30. The number of hydrogen-bond acceptors (Lipinski definition) is 7. The summed E-state index contributed by atoms with van der Waals surface area (Å²) in [5, 5.41) is 16.1. The smallest absolute Gasteiger partial charge is 0.323 e. The van der Waals surface area contributed by atoms with Crippen molar-refractivity contribution in [3.63, 3.8) is 0 Å². The average Bonchev–Trinajstić information content (AvgIpc) is 3.81. The molecule has 10 nitrogen and oxygen atoms in total. The zero-order chi connectivity index (χ0) is 30.5. The molecule has 0 unspecified atom stereocenters. The van der Waals surface area contributed by atoms with Gasteiger partial charge in [-0.15, -0.1) is 10.2 Å². The van der Waals surface area contributed by atoms with Crippen LogP contribution in [0.2, 0.25) is 5.15 Å². The molecule has 224 valence electrons. The number of halogens is 1.